The average Bonchev–Trinajstić information content (AvgIpc) is 2.43. The fourth-order valence-electron chi connectivity index (χ4n) is 3.32. The van der Waals surface area contributed by atoms with Crippen LogP contribution in [0.2, 0.25) is 5.02 Å². The molecule has 104 valence electrons. The highest BCUT2D eigenvalue weighted by Crippen LogP contribution is 2.24. The highest BCUT2D eigenvalue weighted by Gasteiger charge is 2.28. The third-order valence-corrected chi connectivity index (χ3v) is 4.66. The summed E-state index contributed by atoms with van der Waals surface area (Å²) < 4.78 is 0. The van der Waals surface area contributed by atoms with Crippen LogP contribution in [0.15, 0.2) is 18.2 Å². The summed E-state index contributed by atoms with van der Waals surface area (Å²) >= 11 is 6.06. The van der Waals surface area contributed by atoms with E-state index in [9.17, 15) is 0 Å². The van der Waals surface area contributed by atoms with Gasteiger partial charge in [0.25, 0.3) is 0 Å². The van der Waals surface area contributed by atoms with E-state index in [2.05, 4.69) is 9.80 Å². The lowest BCUT2D eigenvalue weighted by Gasteiger charge is -2.44. The predicted molar refractivity (Wildman–Crippen MR) is 80.4 cm³/mol. The van der Waals surface area contributed by atoms with Crippen LogP contribution in [0.1, 0.15) is 24.8 Å². The van der Waals surface area contributed by atoms with E-state index in [1.54, 1.807) is 0 Å². The minimum absolute atomic E-state index is 0.753. The van der Waals surface area contributed by atoms with Gasteiger partial charge in [-0.15, -0.1) is 0 Å². The molecule has 2 aliphatic heterocycles. The van der Waals surface area contributed by atoms with Crippen molar-refractivity contribution >= 4 is 17.3 Å². The van der Waals surface area contributed by atoms with Crippen molar-refractivity contribution in [3.05, 3.63) is 28.8 Å². The van der Waals surface area contributed by atoms with E-state index in [1.807, 2.05) is 18.2 Å². The molecular formula is C15H22ClN3. The number of hydrogen-bond donors (Lipinski definition) is 1. The lowest BCUT2D eigenvalue weighted by molar-refractivity contribution is 0.0458. The summed E-state index contributed by atoms with van der Waals surface area (Å²) in [4.78, 5) is 5.18. The van der Waals surface area contributed by atoms with Gasteiger partial charge in [0.15, 0.2) is 0 Å². The summed E-state index contributed by atoms with van der Waals surface area (Å²) in [5, 5.41) is 0.778. The topological polar surface area (TPSA) is 32.5 Å². The zero-order chi connectivity index (χ0) is 13.2. The standard InChI is InChI=1S/C15H22ClN3/c16-13-4-5-15(17)12(9-13)10-18-7-8-19-6-2-1-3-14(19)11-18/h4-5,9,14H,1-3,6-8,10-11,17H2. The number of halogens is 1. The van der Waals surface area contributed by atoms with Gasteiger partial charge in [-0.05, 0) is 43.1 Å². The van der Waals surface area contributed by atoms with Gasteiger partial charge in [-0.1, -0.05) is 18.0 Å². The van der Waals surface area contributed by atoms with Gasteiger partial charge in [0, 0.05) is 42.9 Å². The average molecular weight is 280 g/mol. The number of nitrogens with zero attached hydrogens (tertiary/aromatic N) is 2. The molecule has 2 N–H and O–H groups in total. The Balaban J connectivity index is 1.65. The Morgan fingerprint density at radius 2 is 2.11 bits per heavy atom. The van der Waals surface area contributed by atoms with Gasteiger partial charge in [0.1, 0.15) is 0 Å². The SMILES string of the molecule is Nc1ccc(Cl)cc1CN1CCN2CCCCC2C1. The Kier molecular flexibility index (Phi) is 3.96. The number of anilines is 1. The molecule has 1 aromatic carbocycles. The van der Waals surface area contributed by atoms with Crippen molar-refractivity contribution in [2.24, 2.45) is 0 Å². The first kappa shape index (κ1) is 13.2. The number of fused-ring (bicyclic) bond motifs is 1. The largest absolute Gasteiger partial charge is 0.398 e. The lowest BCUT2D eigenvalue weighted by atomic mass is 9.99. The smallest absolute Gasteiger partial charge is 0.0410 e. The molecule has 0 radical (unpaired) electrons. The molecule has 3 rings (SSSR count). The monoisotopic (exact) mass is 279 g/mol. The molecule has 2 saturated heterocycles. The second kappa shape index (κ2) is 5.70. The van der Waals surface area contributed by atoms with Gasteiger partial charge < -0.3 is 5.73 Å². The molecule has 0 aliphatic carbocycles. The highest BCUT2D eigenvalue weighted by atomic mass is 35.5. The molecule has 2 heterocycles. The fraction of sp³-hybridized carbons (Fsp3) is 0.600. The summed E-state index contributed by atoms with van der Waals surface area (Å²) in [6.07, 6.45) is 4.10. The number of hydrogen-bond acceptors (Lipinski definition) is 3. The molecule has 2 aliphatic rings. The molecule has 0 aromatic heterocycles. The molecule has 0 spiro atoms. The Morgan fingerprint density at radius 3 is 3.00 bits per heavy atom. The Bertz CT molecular complexity index is 449. The molecule has 2 fully saturated rings. The zero-order valence-electron chi connectivity index (χ0n) is 11.3. The molecular weight excluding hydrogens is 258 g/mol. The molecule has 1 atom stereocenters. The van der Waals surface area contributed by atoms with Crippen molar-refractivity contribution in [3.63, 3.8) is 0 Å². The summed E-state index contributed by atoms with van der Waals surface area (Å²) in [6, 6.07) is 6.53. The number of piperidine rings is 1. The number of nitrogen functional groups attached to an aromatic ring is 1. The van der Waals surface area contributed by atoms with E-state index in [1.165, 1.54) is 38.9 Å². The molecule has 1 unspecified atom stereocenters. The third kappa shape index (κ3) is 3.04. The molecule has 3 nitrogen and oxygen atoms in total. The molecule has 19 heavy (non-hydrogen) atoms. The van der Waals surface area contributed by atoms with Crippen LogP contribution in [0.25, 0.3) is 0 Å². The maximum absolute atomic E-state index is 6.06. The fourth-order valence-corrected chi connectivity index (χ4v) is 3.51. The van der Waals surface area contributed by atoms with Crippen molar-refractivity contribution in [1.82, 2.24) is 9.80 Å². The van der Waals surface area contributed by atoms with Crippen LogP contribution in [0.4, 0.5) is 5.69 Å². The molecule has 0 bridgehead atoms. The van der Waals surface area contributed by atoms with Crippen LogP contribution in [-0.4, -0.2) is 42.0 Å². The van der Waals surface area contributed by atoms with Crippen molar-refractivity contribution < 1.29 is 0 Å². The molecule has 0 amide bonds. The summed E-state index contributed by atoms with van der Waals surface area (Å²) in [6.45, 7) is 5.73. The zero-order valence-corrected chi connectivity index (χ0v) is 12.1. The van der Waals surface area contributed by atoms with Crippen LogP contribution in [0, 0.1) is 0 Å². The van der Waals surface area contributed by atoms with Crippen LogP contribution >= 0.6 is 11.6 Å². The van der Waals surface area contributed by atoms with Crippen molar-refractivity contribution in [2.75, 3.05) is 31.9 Å². The maximum Gasteiger partial charge on any atom is 0.0410 e. The van der Waals surface area contributed by atoms with Gasteiger partial charge in [0.05, 0.1) is 0 Å². The Morgan fingerprint density at radius 1 is 1.21 bits per heavy atom. The number of rotatable bonds is 2. The van der Waals surface area contributed by atoms with E-state index < -0.39 is 0 Å². The van der Waals surface area contributed by atoms with Crippen molar-refractivity contribution in [3.8, 4) is 0 Å². The van der Waals surface area contributed by atoms with Gasteiger partial charge in [0.2, 0.25) is 0 Å². The van der Waals surface area contributed by atoms with Crippen LogP contribution < -0.4 is 5.73 Å². The van der Waals surface area contributed by atoms with Gasteiger partial charge in [-0.2, -0.15) is 0 Å². The second-order valence-electron chi connectivity index (χ2n) is 5.76. The summed E-state index contributed by atoms with van der Waals surface area (Å²) in [7, 11) is 0. The van der Waals surface area contributed by atoms with Crippen LogP contribution in [-0.2, 0) is 6.54 Å². The Labute approximate surface area is 120 Å². The third-order valence-electron chi connectivity index (χ3n) is 4.42. The normalized spacial score (nSPS) is 25.2. The summed E-state index contributed by atoms with van der Waals surface area (Å²) in [5.41, 5.74) is 8.06. The van der Waals surface area contributed by atoms with E-state index in [-0.39, 0.29) is 0 Å². The number of piperazine rings is 1. The highest BCUT2D eigenvalue weighted by molar-refractivity contribution is 6.30. The minimum atomic E-state index is 0.753. The quantitative estimate of drug-likeness (QED) is 0.845. The number of benzene rings is 1. The van der Waals surface area contributed by atoms with E-state index >= 15 is 0 Å². The van der Waals surface area contributed by atoms with Crippen LogP contribution in [0.5, 0.6) is 0 Å². The maximum atomic E-state index is 6.06. The summed E-state index contributed by atoms with van der Waals surface area (Å²) in [5.74, 6) is 0. The Hall–Kier alpha value is -0.770. The number of nitrogens with two attached hydrogens (primary N) is 1. The van der Waals surface area contributed by atoms with Gasteiger partial charge in [-0.25, -0.2) is 0 Å². The molecule has 1 aromatic rings. The van der Waals surface area contributed by atoms with E-state index in [4.69, 9.17) is 17.3 Å². The van der Waals surface area contributed by atoms with E-state index in [0.717, 1.165) is 35.4 Å². The lowest BCUT2D eigenvalue weighted by Crippen LogP contribution is -2.54. The van der Waals surface area contributed by atoms with Gasteiger partial charge >= 0.3 is 0 Å². The molecule has 0 saturated carbocycles. The minimum Gasteiger partial charge on any atom is -0.398 e. The predicted octanol–water partition coefficient (Wildman–Crippen LogP) is 2.59. The van der Waals surface area contributed by atoms with Crippen molar-refractivity contribution in [1.29, 1.82) is 0 Å². The van der Waals surface area contributed by atoms with Gasteiger partial charge in [-0.3, -0.25) is 9.80 Å². The first-order chi connectivity index (χ1) is 9.22. The molecule has 4 heteroatoms. The first-order valence-electron chi connectivity index (χ1n) is 7.23. The van der Waals surface area contributed by atoms with Crippen LogP contribution in [0.3, 0.4) is 0 Å². The van der Waals surface area contributed by atoms with Crippen molar-refractivity contribution in [2.45, 2.75) is 31.8 Å². The second-order valence-corrected chi connectivity index (χ2v) is 6.20. The first-order valence-corrected chi connectivity index (χ1v) is 7.60. The van der Waals surface area contributed by atoms with E-state index in [0.29, 0.717) is 0 Å².